The number of carbonyl (C=O) groups is 2. The molecule has 0 aliphatic carbocycles. The van der Waals surface area contributed by atoms with Crippen LogP contribution < -0.4 is 14.7 Å². The molecule has 1 aromatic carbocycles. The van der Waals surface area contributed by atoms with Gasteiger partial charge in [0.25, 0.3) is 5.76 Å². The number of thioether (sulfide) groups is 1. The van der Waals surface area contributed by atoms with Crippen LogP contribution in [0, 0.1) is 0 Å². The highest BCUT2D eigenvalue weighted by Crippen LogP contribution is 2.36. The molecule has 0 aromatic heterocycles. The Morgan fingerprint density at radius 1 is 1.54 bits per heavy atom. The minimum absolute atomic E-state index is 0.0400. The number of fused-ring (bicyclic) bond motifs is 1. The molecular weight excluding hydrogens is 347 g/mol. The minimum Gasteiger partial charge on any atom is -0.534 e. The zero-order valence-electron chi connectivity index (χ0n) is 12.5. The molecule has 0 saturated heterocycles. The molecule has 3 N–H and O–H groups in total. The van der Waals surface area contributed by atoms with E-state index in [0.717, 1.165) is 0 Å². The van der Waals surface area contributed by atoms with Crippen molar-refractivity contribution >= 4 is 30.8 Å². The zero-order chi connectivity index (χ0) is 17.9. The summed E-state index contributed by atoms with van der Waals surface area (Å²) in [5, 5.41) is 21.7. The number of carboxylic acid groups (broad SMARTS) is 1. The van der Waals surface area contributed by atoms with E-state index < -0.39 is 36.4 Å². The zero-order valence-corrected chi connectivity index (χ0v) is 13.3. The number of rotatable bonds is 6. The predicted octanol–water partition coefficient (Wildman–Crippen LogP) is 0.789. The van der Waals surface area contributed by atoms with Crippen LogP contribution in [0.25, 0.3) is 0 Å². The fourth-order valence-electron chi connectivity index (χ4n) is 2.33. The highest BCUT2D eigenvalue weighted by atomic mass is 32.2. The van der Waals surface area contributed by atoms with Crippen LogP contribution in [-0.4, -0.2) is 53.7 Å². The average Bonchev–Trinajstić information content (AvgIpc) is 2.52. The Morgan fingerprint density at radius 2 is 2.25 bits per heavy atom. The van der Waals surface area contributed by atoms with E-state index in [0.29, 0.717) is 5.56 Å². The van der Waals surface area contributed by atoms with Gasteiger partial charge in [0.15, 0.2) is 0 Å². The lowest BCUT2D eigenvalue weighted by Gasteiger charge is -2.29. The third kappa shape index (κ3) is 4.09. The van der Waals surface area contributed by atoms with E-state index in [1.54, 1.807) is 6.07 Å². The van der Waals surface area contributed by atoms with Crippen LogP contribution in [0.5, 0.6) is 11.5 Å². The molecule has 2 rings (SSSR count). The predicted molar refractivity (Wildman–Crippen MR) is 82.7 cm³/mol. The van der Waals surface area contributed by atoms with Crippen molar-refractivity contribution < 1.29 is 37.9 Å². The number of carbonyl (C=O) groups excluding carboxylic acids is 1. The summed E-state index contributed by atoms with van der Waals surface area (Å²) in [4.78, 5) is 23.0. The summed E-state index contributed by atoms with van der Waals surface area (Å²) in [6.45, 7) is 0. The molecule has 0 saturated carbocycles. The molecule has 1 aromatic rings. The third-order valence-electron chi connectivity index (χ3n) is 3.34. The molecule has 1 aliphatic rings. The molecule has 1 heterocycles. The van der Waals surface area contributed by atoms with Crippen LogP contribution in [0.4, 0.5) is 8.78 Å². The normalized spacial score (nSPS) is 16.4. The van der Waals surface area contributed by atoms with Crippen LogP contribution in [0.1, 0.15) is 15.9 Å². The number of carboxylic acids is 1. The van der Waals surface area contributed by atoms with Crippen molar-refractivity contribution in [3.8, 4) is 11.5 Å². The molecule has 0 fully saturated rings. The van der Waals surface area contributed by atoms with Gasteiger partial charge in [-0.1, -0.05) is 17.8 Å². The van der Waals surface area contributed by atoms with Gasteiger partial charge in [-0.2, -0.15) is 8.78 Å². The van der Waals surface area contributed by atoms with E-state index in [1.165, 1.54) is 13.2 Å². The molecule has 0 radical (unpaired) electrons. The van der Waals surface area contributed by atoms with E-state index in [1.807, 2.05) is 0 Å². The van der Waals surface area contributed by atoms with Crippen LogP contribution in [-0.2, 0) is 11.2 Å². The maximum atomic E-state index is 12.1. The summed E-state index contributed by atoms with van der Waals surface area (Å²) in [6, 6.07) is 2.99. The van der Waals surface area contributed by atoms with Crippen molar-refractivity contribution in [2.24, 2.45) is 0 Å². The van der Waals surface area contributed by atoms with E-state index in [2.05, 4.69) is 5.32 Å². The number of hydrogen-bond acceptors (Lipinski definition) is 6. The van der Waals surface area contributed by atoms with Gasteiger partial charge in [0.05, 0.1) is 18.8 Å². The number of nitrogens with one attached hydrogen (secondary N) is 1. The smallest absolute Gasteiger partial charge is 0.534 e. The first-order valence-electron chi connectivity index (χ1n) is 6.80. The molecule has 0 unspecified atom stereocenters. The Bertz CT molecular complexity index is 647. The number of methoxy groups -OCH3 is 1. The number of hydrogen-bond donors (Lipinski definition) is 3. The van der Waals surface area contributed by atoms with Crippen LogP contribution >= 0.6 is 11.8 Å². The topological polar surface area (TPSA) is 105 Å². The molecule has 130 valence electrons. The Kier molecular flexibility index (Phi) is 5.89. The summed E-state index contributed by atoms with van der Waals surface area (Å²) in [7, 11) is -0.208. The van der Waals surface area contributed by atoms with Gasteiger partial charge in [0.2, 0.25) is 5.91 Å². The molecule has 0 spiro atoms. The number of amides is 1. The largest absolute Gasteiger partial charge is 0.547 e. The highest BCUT2D eigenvalue weighted by molar-refractivity contribution is 8.00. The molecule has 11 heteroatoms. The Morgan fingerprint density at radius 3 is 2.83 bits per heavy atom. The van der Waals surface area contributed by atoms with Gasteiger partial charge in [-0.15, -0.1) is 0 Å². The summed E-state index contributed by atoms with van der Waals surface area (Å²) >= 11 is 0.164. The lowest BCUT2D eigenvalue weighted by atomic mass is 9.72. The van der Waals surface area contributed by atoms with E-state index >= 15 is 0 Å². The van der Waals surface area contributed by atoms with Gasteiger partial charge >= 0.3 is 13.1 Å². The fraction of sp³-hybridized carbons (Fsp3) is 0.385. The average molecular weight is 361 g/mol. The molecule has 0 bridgehead atoms. The van der Waals surface area contributed by atoms with Gasteiger partial charge in [-0.25, -0.2) is 4.79 Å². The highest BCUT2D eigenvalue weighted by Gasteiger charge is 2.38. The van der Waals surface area contributed by atoms with Crippen molar-refractivity contribution in [3.05, 3.63) is 23.3 Å². The van der Waals surface area contributed by atoms with Crippen molar-refractivity contribution in [2.45, 2.75) is 18.1 Å². The third-order valence-corrected chi connectivity index (χ3v) is 4.03. The number of benzene rings is 1. The van der Waals surface area contributed by atoms with Crippen LogP contribution in [0.2, 0.25) is 0 Å². The second-order valence-electron chi connectivity index (χ2n) is 4.89. The quantitative estimate of drug-likeness (QED) is 0.644. The van der Waals surface area contributed by atoms with Gasteiger partial charge in [0.1, 0.15) is 17.1 Å². The molecule has 1 atom stereocenters. The number of alkyl halides is 2. The molecular formula is C13H14BF2NO6S. The van der Waals surface area contributed by atoms with E-state index in [9.17, 15) is 28.5 Å². The fourth-order valence-corrected chi connectivity index (χ4v) is 2.69. The Hall–Kier alpha value is -2.01. The van der Waals surface area contributed by atoms with Gasteiger partial charge in [-0.3, -0.25) is 4.79 Å². The maximum Gasteiger partial charge on any atom is 0.547 e. The first kappa shape index (κ1) is 18.3. The number of aromatic carboxylic acids is 1. The van der Waals surface area contributed by atoms with E-state index in [4.69, 9.17) is 9.39 Å². The second-order valence-corrected chi connectivity index (χ2v) is 5.87. The number of halogens is 2. The monoisotopic (exact) mass is 361 g/mol. The van der Waals surface area contributed by atoms with Gasteiger partial charge < -0.3 is 24.8 Å². The van der Waals surface area contributed by atoms with Crippen molar-refractivity contribution in [3.63, 3.8) is 0 Å². The standard InChI is InChI=1S/C13H14BF2NO6S/c1-22-7-3-2-6-4-8(17-9(18)5-24-13(15)16)14(21)23-11(6)10(7)12(19)20/h2-3,8,13,21H,4-5H2,1H3,(H,17,18)(H,19,20)/t8-/m0/s1. The molecule has 1 aliphatic heterocycles. The summed E-state index contributed by atoms with van der Waals surface area (Å²) in [5.41, 5.74) is 0.220. The minimum atomic E-state index is -2.67. The van der Waals surface area contributed by atoms with Gasteiger partial charge in [-0.05, 0) is 18.1 Å². The van der Waals surface area contributed by atoms with Crippen molar-refractivity contribution in [1.29, 1.82) is 0 Å². The number of ether oxygens (including phenoxy) is 1. The SMILES string of the molecule is COc1ccc2c(c1C(=O)O)OB(O)[C@@H](NC(=O)CSC(F)F)C2. The lowest BCUT2D eigenvalue weighted by molar-refractivity contribution is -0.119. The van der Waals surface area contributed by atoms with Crippen LogP contribution in [0.15, 0.2) is 12.1 Å². The Labute approximate surface area is 140 Å². The van der Waals surface area contributed by atoms with Gasteiger partial charge in [0, 0.05) is 0 Å². The molecule has 1 amide bonds. The van der Waals surface area contributed by atoms with Crippen molar-refractivity contribution in [2.75, 3.05) is 12.9 Å². The summed E-state index contributed by atoms with van der Waals surface area (Å²) < 4.78 is 34.4. The summed E-state index contributed by atoms with van der Waals surface area (Å²) in [5.74, 6) is -5.94. The first-order valence-corrected chi connectivity index (χ1v) is 7.85. The molecule has 24 heavy (non-hydrogen) atoms. The Balaban J connectivity index is 2.17. The molecule has 7 nitrogen and oxygen atoms in total. The van der Waals surface area contributed by atoms with E-state index in [-0.39, 0.29) is 35.2 Å². The maximum absolute atomic E-state index is 12.1. The lowest BCUT2D eigenvalue weighted by Crippen LogP contribution is -2.53. The first-order chi connectivity index (χ1) is 11.3. The second kappa shape index (κ2) is 7.71. The van der Waals surface area contributed by atoms with Crippen LogP contribution in [0.3, 0.4) is 0 Å². The van der Waals surface area contributed by atoms with Crippen molar-refractivity contribution in [1.82, 2.24) is 5.32 Å². The summed E-state index contributed by atoms with van der Waals surface area (Å²) in [6.07, 6.45) is 0.0891.